The summed E-state index contributed by atoms with van der Waals surface area (Å²) in [5.74, 6) is 2.03. The summed E-state index contributed by atoms with van der Waals surface area (Å²) in [7, 11) is 0. The van der Waals surface area contributed by atoms with Gasteiger partial charge in [0.05, 0.1) is 0 Å². The van der Waals surface area contributed by atoms with E-state index in [1.165, 1.54) is 56.0 Å². The zero-order chi connectivity index (χ0) is 12.9. The molecule has 4 rings (SSSR count). The van der Waals surface area contributed by atoms with Gasteiger partial charge >= 0.3 is 0 Å². The molecule has 3 atom stereocenters. The Morgan fingerprint density at radius 3 is 2.79 bits per heavy atom. The van der Waals surface area contributed by atoms with Crippen molar-refractivity contribution in [1.29, 1.82) is 0 Å². The normalized spacial score (nSPS) is 37.1. The number of halogens is 1. The lowest BCUT2D eigenvalue weighted by Gasteiger charge is -2.38. The molecule has 1 nitrogen and oxygen atoms in total. The second-order valence-electron chi connectivity index (χ2n) is 7.01. The minimum Gasteiger partial charge on any atom is -0.313 e. The van der Waals surface area contributed by atoms with Crippen LogP contribution in [0.1, 0.15) is 43.4 Å². The average Bonchev–Trinajstić information content (AvgIpc) is 2.80. The molecule has 3 saturated carbocycles. The largest absolute Gasteiger partial charge is 0.313 e. The molecule has 0 amide bonds. The van der Waals surface area contributed by atoms with Gasteiger partial charge in [-0.1, -0.05) is 6.42 Å². The van der Waals surface area contributed by atoms with E-state index in [1.807, 2.05) is 11.3 Å². The average molecular weight is 340 g/mol. The smallest absolute Gasteiger partial charge is 0.0285 e. The van der Waals surface area contributed by atoms with Crippen molar-refractivity contribution in [3.8, 4) is 0 Å². The molecule has 0 aliphatic heterocycles. The van der Waals surface area contributed by atoms with Crippen molar-refractivity contribution in [2.75, 3.05) is 6.54 Å². The van der Waals surface area contributed by atoms with Gasteiger partial charge in [0.2, 0.25) is 0 Å². The van der Waals surface area contributed by atoms with E-state index in [-0.39, 0.29) is 0 Å². The summed E-state index contributed by atoms with van der Waals surface area (Å²) in [4.78, 5) is 1.58. The molecule has 3 aliphatic carbocycles. The maximum Gasteiger partial charge on any atom is 0.0285 e. The molecule has 0 spiro atoms. The Labute approximate surface area is 128 Å². The topological polar surface area (TPSA) is 12.0 Å². The summed E-state index contributed by atoms with van der Waals surface area (Å²) in [5.41, 5.74) is 0.579. The molecule has 0 radical (unpaired) electrons. The van der Waals surface area contributed by atoms with Gasteiger partial charge in [0.25, 0.3) is 0 Å². The first-order valence-electron chi connectivity index (χ1n) is 7.70. The van der Waals surface area contributed by atoms with Gasteiger partial charge in [-0.15, -0.1) is 11.3 Å². The summed E-state index contributed by atoms with van der Waals surface area (Å²) in [5, 5.41) is 6.08. The minimum absolute atomic E-state index is 0.579. The van der Waals surface area contributed by atoms with Crippen molar-refractivity contribution < 1.29 is 0 Å². The van der Waals surface area contributed by atoms with Gasteiger partial charge in [0.1, 0.15) is 0 Å². The Balaban J connectivity index is 1.53. The van der Waals surface area contributed by atoms with Crippen molar-refractivity contribution in [3.05, 3.63) is 20.8 Å². The number of rotatable bonds is 5. The van der Waals surface area contributed by atoms with Gasteiger partial charge in [-0.3, -0.25) is 0 Å². The van der Waals surface area contributed by atoms with Gasteiger partial charge in [-0.25, -0.2) is 0 Å². The summed E-state index contributed by atoms with van der Waals surface area (Å²) in [6, 6.07) is 3.20. The Morgan fingerprint density at radius 2 is 2.21 bits per heavy atom. The first-order valence-corrected chi connectivity index (χ1v) is 9.37. The first-order chi connectivity index (χ1) is 9.23. The molecular formula is C16H22BrNS. The Morgan fingerprint density at radius 1 is 1.32 bits per heavy atom. The molecule has 3 unspecified atom stereocenters. The zero-order valence-corrected chi connectivity index (χ0v) is 13.7. The SMILES string of the molecule is Brc1csc(CC2(CNC3CC3)CC3CCC2C3)c1. The molecule has 104 valence electrons. The predicted octanol–water partition coefficient (Wildman–Crippen LogP) is 4.61. The van der Waals surface area contributed by atoms with E-state index >= 15 is 0 Å². The monoisotopic (exact) mass is 339 g/mol. The fraction of sp³-hybridized carbons (Fsp3) is 0.750. The van der Waals surface area contributed by atoms with Crippen LogP contribution in [0.2, 0.25) is 0 Å². The number of fused-ring (bicyclic) bond motifs is 2. The minimum atomic E-state index is 0.579. The van der Waals surface area contributed by atoms with Gasteiger partial charge < -0.3 is 5.32 Å². The number of nitrogens with one attached hydrogen (secondary N) is 1. The van der Waals surface area contributed by atoms with E-state index in [9.17, 15) is 0 Å². The summed E-state index contributed by atoms with van der Waals surface area (Å²) >= 11 is 5.54. The van der Waals surface area contributed by atoms with Crippen LogP contribution in [-0.4, -0.2) is 12.6 Å². The lowest BCUT2D eigenvalue weighted by Crippen LogP contribution is -2.41. The van der Waals surface area contributed by atoms with Crippen LogP contribution in [0.4, 0.5) is 0 Å². The van der Waals surface area contributed by atoms with E-state index in [1.54, 1.807) is 4.88 Å². The molecule has 0 aromatic carbocycles. The maximum absolute atomic E-state index is 3.84. The molecule has 0 saturated heterocycles. The maximum atomic E-state index is 3.84. The zero-order valence-electron chi connectivity index (χ0n) is 11.3. The second-order valence-corrected chi connectivity index (χ2v) is 8.92. The van der Waals surface area contributed by atoms with Gasteiger partial charge in [-0.05, 0) is 77.8 Å². The van der Waals surface area contributed by atoms with Crippen molar-refractivity contribution >= 4 is 27.3 Å². The molecule has 1 aromatic heterocycles. The second kappa shape index (κ2) is 4.85. The third kappa shape index (κ3) is 2.54. The van der Waals surface area contributed by atoms with Crippen molar-refractivity contribution in [3.63, 3.8) is 0 Å². The highest BCUT2D eigenvalue weighted by molar-refractivity contribution is 9.10. The van der Waals surface area contributed by atoms with Crippen molar-refractivity contribution in [1.82, 2.24) is 5.32 Å². The van der Waals surface area contributed by atoms with Crippen LogP contribution in [0.3, 0.4) is 0 Å². The van der Waals surface area contributed by atoms with Crippen molar-refractivity contribution in [2.45, 2.75) is 51.0 Å². The highest BCUT2D eigenvalue weighted by atomic mass is 79.9. The van der Waals surface area contributed by atoms with E-state index < -0.39 is 0 Å². The van der Waals surface area contributed by atoms with Crippen LogP contribution in [0.25, 0.3) is 0 Å². The summed E-state index contributed by atoms with van der Waals surface area (Å²) in [6.45, 7) is 1.27. The summed E-state index contributed by atoms with van der Waals surface area (Å²) < 4.78 is 1.26. The van der Waals surface area contributed by atoms with E-state index in [4.69, 9.17) is 0 Å². The van der Waals surface area contributed by atoms with E-state index in [0.717, 1.165) is 17.9 Å². The Hall–Kier alpha value is 0.140. The number of hydrogen-bond acceptors (Lipinski definition) is 2. The fourth-order valence-electron chi connectivity index (χ4n) is 4.48. The highest BCUT2D eigenvalue weighted by Gasteiger charge is 2.50. The van der Waals surface area contributed by atoms with Crippen LogP contribution in [0.15, 0.2) is 15.9 Å². The standard InChI is InChI=1S/C16H22BrNS/c17-13-6-15(19-9-13)8-16(10-18-14-3-4-14)7-11-1-2-12(16)5-11/h6,9,11-12,14,18H,1-5,7-8,10H2. The van der Waals surface area contributed by atoms with Crippen LogP contribution in [0.5, 0.6) is 0 Å². The third-order valence-corrected chi connectivity index (χ3v) is 7.27. The molecule has 3 fully saturated rings. The molecule has 1 heterocycles. The van der Waals surface area contributed by atoms with E-state index in [2.05, 4.69) is 32.7 Å². The number of hydrogen-bond donors (Lipinski definition) is 1. The molecule has 1 aromatic rings. The molecule has 2 bridgehead atoms. The number of thiophene rings is 1. The lowest BCUT2D eigenvalue weighted by molar-refractivity contribution is 0.157. The third-order valence-electron chi connectivity index (χ3n) is 5.57. The van der Waals surface area contributed by atoms with Crippen LogP contribution < -0.4 is 5.32 Å². The fourth-order valence-corrected chi connectivity index (χ4v) is 6.09. The quantitative estimate of drug-likeness (QED) is 0.825. The molecule has 3 heteroatoms. The Kier molecular flexibility index (Phi) is 3.28. The molecule has 3 aliphatic rings. The highest BCUT2D eigenvalue weighted by Crippen LogP contribution is 2.57. The van der Waals surface area contributed by atoms with Crippen molar-refractivity contribution in [2.24, 2.45) is 17.3 Å². The van der Waals surface area contributed by atoms with Gasteiger partial charge in [0, 0.05) is 27.3 Å². The molecular weight excluding hydrogens is 318 g/mol. The first kappa shape index (κ1) is 12.8. The van der Waals surface area contributed by atoms with Crippen LogP contribution in [0, 0.1) is 17.3 Å². The van der Waals surface area contributed by atoms with Crippen LogP contribution in [-0.2, 0) is 6.42 Å². The summed E-state index contributed by atoms with van der Waals surface area (Å²) in [6.07, 6.45) is 10.1. The Bertz CT molecular complexity index is 467. The van der Waals surface area contributed by atoms with E-state index in [0.29, 0.717) is 5.41 Å². The predicted molar refractivity (Wildman–Crippen MR) is 84.6 cm³/mol. The van der Waals surface area contributed by atoms with Crippen LogP contribution >= 0.6 is 27.3 Å². The molecule has 19 heavy (non-hydrogen) atoms. The molecule has 1 N–H and O–H groups in total. The van der Waals surface area contributed by atoms with Gasteiger partial charge in [0.15, 0.2) is 0 Å². The van der Waals surface area contributed by atoms with Gasteiger partial charge in [-0.2, -0.15) is 0 Å². The lowest BCUT2D eigenvalue weighted by atomic mass is 9.70.